The van der Waals surface area contributed by atoms with Gasteiger partial charge >= 0.3 is 0 Å². The third-order valence-corrected chi connectivity index (χ3v) is 6.74. The summed E-state index contributed by atoms with van der Waals surface area (Å²) in [7, 11) is -2.15. The molecule has 0 aliphatic heterocycles. The molecule has 2 rings (SSSR count). The van der Waals surface area contributed by atoms with Gasteiger partial charge in [-0.25, -0.2) is 8.42 Å². The van der Waals surface area contributed by atoms with Crippen LogP contribution in [-0.2, 0) is 14.8 Å². The van der Waals surface area contributed by atoms with Crippen LogP contribution in [0.2, 0.25) is 0 Å². The van der Waals surface area contributed by atoms with Gasteiger partial charge in [-0.3, -0.25) is 4.79 Å². The Kier molecular flexibility index (Phi) is 7.60. The Morgan fingerprint density at radius 1 is 1.07 bits per heavy atom. The van der Waals surface area contributed by atoms with Crippen LogP contribution >= 0.6 is 0 Å². The normalized spacial score (nSPS) is 12.6. The van der Waals surface area contributed by atoms with Gasteiger partial charge < -0.3 is 10.1 Å². The molecule has 0 fully saturated rings. The monoisotopic (exact) mass is 404 g/mol. The molecule has 0 unspecified atom stereocenters. The van der Waals surface area contributed by atoms with Crippen LogP contribution in [0.5, 0.6) is 5.75 Å². The molecular weight excluding hydrogens is 376 g/mol. The van der Waals surface area contributed by atoms with Gasteiger partial charge in [0.15, 0.2) is 0 Å². The summed E-state index contributed by atoms with van der Waals surface area (Å²) in [5.41, 5.74) is 1.25. The summed E-state index contributed by atoms with van der Waals surface area (Å²) < 4.78 is 32.3. The second-order valence-corrected chi connectivity index (χ2v) is 8.25. The Hall–Kier alpha value is -2.38. The van der Waals surface area contributed by atoms with Crippen LogP contribution in [0.25, 0.3) is 0 Å². The van der Waals surface area contributed by atoms with Gasteiger partial charge in [-0.15, -0.1) is 0 Å². The van der Waals surface area contributed by atoms with Crippen molar-refractivity contribution in [3.63, 3.8) is 0 Å². The highest BCUT2D eigenvalue weighted by atomic mass is 32.2. The molecule has 6 nitrogen and oxygen atoms in total. The van der Waals surface area contributed by atoms with E-state index in [9.17, 15) is 13.2 Å². The van der Waals surface area contributed by atoms with Crippen molar-refractivity contribution >= 4 is 21.6 Å². The number of nitrogens with one attached hydrogen (secondary N) is 1. The van der Waals surface area contributed by atoms with Crippen LogP contribution < -0.4 is 10.1 Å². The number of nitrogens with zero attached hydrogens (tertiary/aromatic N) is 1. The van der Waals surface area contributed by atoms with Gasteiger partial charge in [0.2, 0.25) is 15.9 Å². The molecule has 0 heterocycles. The Labute approximate surface area is 167 Å². The minimum Gasteiger partial charge on any atom is -0.495 e. The molecule has 0 aliphatic rings. The maximum Gasteiger partial charge on any atom is 0.243 e. The first-order valence-electron chi connectivity index (χ1n) is 9.42. The fraction of sp³-hybridized carbons (Fsp3) is 0.381. The number of anilines is 1. The van der Waals surface area contributed by atoms with E-state index in [4.69, 9.17) is 4.74 Å². The molecule has 152 valence electrons. The van der Waals surface area contributed by atoms with Crippen molar-refractivity contribution in [2.24, 2.45) is 0 Å². The molecule has 0 saturated heterocycles. The second-order valence-electron chi connectivity index (χ2n) is 6.31. The van der Waals surface area contributed by atoms with Crippen LogP contribution in [0, 0.1) is 0 Å². The van der Waals surface area contributed by atoms with Gasteiger partial charge in [0.1, 0.15) is 5.75 Å². The quantitative estimate of drug-likeness (QED) is 0.689. The van der Waals surface area contributed by atoms with Gasteiger partial charge in [0, 0.05) is 13.1 Å². The third-order valence-electron chi connectivity index (χ3n) is 4.70. The number of sulfonamides is 1. The maximum atomic E-state index is 12.9. The van der Waals surface area contributed by atoms with Crippen molar-refractivity contribution in [3.05, 3.63) is 54.1 Å². The van der Waals surface area contributed by atoms with Crippen molar-refractivity contribution in [3.8, 4) is 5.75 Å². The van der Waals surface area contributed by atoms with E-state index in [1.165, 1.54) is 23.5 Å². The summed E-state index contributed by atoms with van der Waals surface area (Å²) in [4.78, 5) is 13.0. The highest BCUT2D eigenvalue weighted by Gasteiger charge is 2.24. The Morgan fingerprint density at radius 2 is 1.71 bits per heavy atom. The number of benzene rings is 2. The molecule has 2 aromatic rings. The van der Waals surface area contributed by atoms with E-state index in [2.05, 4.69) is 5.32 Å². The van der Waals surface area contributed by atoms with Crippen LogP contribution in [0.4, 0.5) is 5.69 Å². The van der Waals surface area contributed by atoms with Gasteiger partial charge in [0.05, 0.1) is 23.6 Å². The Balaban J connectivity index is 2.38. The van der Waals surface area contributed by atoms with Crippen molar-refractivity contribution in [2.75, 3.05) is 25.5 Å². The van der Waals surface area contributed by atoms with Crippen molar-refractivity contribution in [2.45, 2.75) is 38.0 Å². The maximum absolute atomic E-state index is 12.9. The van der Waals surface area contributed by atoms with E-state index >= 15 is 0 Å². The van der Waals surface area contributed by atoms with E-state index in [0.717, 1.165) is 5.56 Å². The lowest BCUT2D eigenvalue weighted by Crippen LogP contribution is -2.30. The molecule has 7 heteroatoms. The Morgan fingerprint density at radius 3 is 2.25 bits per heavy atom. The molecule has 1 amide bonds. The second kappa shape index (κ2) is 9.71. The van der Waals surface area contributed by atoms with Gasteiger partial charge in [-0.2, -0.15) is 4.31 Å². The summed E-state index contributed by atoms with van der Waals surface area (Å²) in [5.74, 6) is -0.131. The topological polar surface area (TPSA) is 75.7 Å². The Bertz CT molecular complexity index is 894. The van der Waals surface area contributed by atoms with Gasteiger partial charge in [-0.1, -0.05) is 51.1 Å². The number of methoxy groups -OCH3 is 1. The lowest BCUT2D eigenvalue weighted by Gasteiger charge is -2.20. The van der Waals surface area contributed by atoms with Crippen molar-refractivity contribution in [1.29, 1.82) is 0 Å². The summed E-state index contributed by atoms with van der Waals surface area (Å²) in [5, 5.41) is 2.85. The predicted octanol–water partition coefficient (Wildman–Crippen LogP) is 3.86. The van der Waals surface area contributed by atoms with E-state index in [0.29, 0.717) is 30.9 Å². The van der Waals surface area contributed by atoms with Crippen LogP contribution in [0.1, 0.15) is 38.7 Å². The zero-order valence-corrected chi connectivity index (χ0v) is 17.6. The van der Waals surface area contributed by atoms with Crippen molar-refractivity contribution in [1.82, 2.24) is 4.31 Å². The average Bonchev–Trinajstić information content (AvgIpc) is 2.70. The smallest absolute Gasteiger partial charge is 0.243 e. The molecule has 0 spiro atoms. The lowest BCUT2D eigenvalue weighted by atomic mass is 9.95. The first-order valence-corrected chi connectivity index (χ1v) is 10.9. The zero-order valence-electron chi connectivity index (χ0n) is 16.8. The fourth-order valence-corrected chi connectivity index (χ4v) is 4.62. The summed E-state index contributed by atoms with van der Waals surface area (Å²) in [6.45, 7) is 6.27. The predicted molar refractivity (Wildman–Crippen MR) is 111 cm³/mol. The first-order chi connectivity index (χ1) is 13.4. The molecule has 0 saturated carbocycles. The molecular formula is C21H28N2O4S. The molecule has 1 N–H and O–H groups in total. The minimum atomic E-state index is -3.64. The number of carbonyl (C=O) groups excluding carboxylic acids is 1. The summed E-state index contributed by atoms with van der Waals surface area (Å²) >= 11 is 0. The van der Waals surface area contributed by atoms with Crippen molar-refractivity contribution < 1.29 is 17.9 Å². The van der Waals surface area contributed by atoms with Crippen LogP contribution in [0.15, 0.2) is 53.4 Å². The average molecular weight is 405 g/mol. The molecule has 2 aromatic carbocycles. The summed E-state index contributed by atoms with van der Waals surface area (Å²) in [6, 6.07) is 14.0. The molecule has 0 bridgehead atoms. The number of rotatable bonds is 9. The first kappa shape index (κ1) is 21.9. The molecule has 0 radical (unpaired) electrons. The summed E-state index contributed by atoms with van der Waals surface area (Å²) in [6.07, 6.45) is 0.621. The molecule has 1 atom stereocenters. The highest BCUT2D eigenvalue weighted by Crippen LogP contribution is 2.30. The SMILES string of the molecule is CC[C@H](C(=O)Nc1cc(S(=O)(=O)N(CC)CC)ccc1OC)c1ccccc1. The van der Waals surface area contributed by atoms with Gasteiger partial charge in [-0.05, 0) is 30.2 Å². The molecule has 0 aromatic heterocycles. The number of hydrogen-bond donors (Lipinski definition) is 1. The number of amides is 1. The number of hydrogen-bond acceptors (Lipinski definition) is 4. The molecule has 28 heavy (non-hydrogen) atoms. The van der Waals surface area contributed by atoms with E-state index in [-0.39, 0.29) is 16.7 Å². The number of ether oxygens (including phenoxy) is 1. The fourth-order valence-electron chi connectivity index (χ4n) is 3.14. The van der Waals surface area contributed by atoms with E-state index in [1.54, 1.807) is 19.9 Å². The van der Waals surface area contributed by atoms with Crippen LogP contribution in [0.3, 0.4) is 0 Å². The minimum absolute atomic E-state index is 0.125. The van der Waals surface area contributed by atoms with E-state index in [1.807, 2.05) is 37.3 Å². The highest BCUT2D eigenvalue weighted by molar-refractivity contribution is 7.89. The largest absolute Gasteiger partial charge is 0.495 e. The third kappa shape index (κ3) is 4.72. The van der Waals surface area contributed by atoms with E-state index < -0.39 is 10.0 Å². The number of carbonyl (C=O) groups is 1. The standard InChI is InChI=1S/C21H28N2O4S/c1-5-18(16-11-9-8-10-12-16)21(24)22-19-15-17(13-14-20(19)27-4)28(25,26)23(6-2)7-3/h8-15,18H,5-7H2,1-4H3,(H,22,24)/t18-/m0/s1. The van der Waals surface area contributed by atoms with Gasteiger partial charge in [0.25, 0.3) is 0 Å². The zero-order chi connectivity index (χ0) is 20.7. The van der Waals surface area contributed by atoms with Crippen LogP contribution in [-0.4, -0.2) is 38.8 Å². The molecule has 0 aliphatic carbocycles. The lowest BCUT2D eigenvalue weighted by molar-refractivity contribution is -0.117.